The van der Waals surface area contributed by atoms with Crippen molar-refractivity contribution in [2.45, 2.75) is 33.6 Å². The molecule has 0 spiro atoms. The zero-order valence-electron chi connectivity index (χ0n) is 15.0. The number of unbranched alkanes of at least 4 members (excludes halogenated alkanes) is 1. The van der Waals surface area contributed by atoms with Crippen molar-refractivity contribution in [1.82, 2.24) is 14.9 Å². The number of anilines is 2. The van der Waals surface area contributed by atoms with E-state index in [9.17, 15) is 4.79 Å². The maximum Gasteiger partial charge on any atom is 0.256 e. The summed E-state index contributed by atoms with van der Waals surface area (Å²) in [4.78, 5) is 24.9. The van der Waals surface area contributed by atoms with Gasteiger partial charge in [0, 0.05) is 38.2 Å². The van der Waals surface area contributed by atoms with Gasteiger partial charge < -0.3 is 9.80 Å². The van der Waals surface area contributed by atoms with Crippen LogP contribution in [0.2, 0.25) is 0 Å². The maximum absolute atomic E-state index is 12.3. The number of aromatic nitrogens is 2. The van der Waals surface area contributed by atoms with Crippen molar-refractivity contribution >= 4 is 17.5 Å². The lowest BCUT2D eigenvalue weighted by Gasteiger charge is -2.22. The highest BCUT2D eigenvalue weighted by Gasteiger charge is 2.15. The average molecular weight is 326 g/mol. The second kappa shape index (κ2) is 8.43. The van der Waals surface area contributed by atoms with E-state index in [-0.39, 0.29) is 5.91 Å². The van der Waals surface area contributed by atoms with Crippen molar-refractivity contribution in [2.75, 3.05) is 25.0 Å². The summed E-state index contributed by atoms with van der Waals surface area (Å²) >= 11 is 0. The minimum atomic E-state index is -0.0337. The molecule has 2 rings (SSSR count). The molecule has 0 atom stereocenters. The molecule has 2 aromatic rings. The van der Waals surface area contributed by atoms with E-state index < -0.39 is 0 Å². The molecule has 5 nitrogen and oxygen atoms in total. The number of aryl methyl sites for hydroxylation is 1. The quantitative estimate of drug-likeness (QED) is 0.776. The number of carbonyl (C=O) groups excluding carboxylic acids is 1. The van der Waals surface area contributed by atoms with Gasteiger partial charge in [-0.2, -0.15) is 0 Å². The molecule has 24 heavy (non-hydrogen) atoms. The lowest BCUT2D eigenvalue weighted by Crippen LogP contribution is -2.28. The van der Waals surface area contributed by atoms with Gasteiger partial charge in [-0.1, -0.05) is 25.5 Å². The molecule has 0 unspecified atom stereocenters. The van der Waals surface area contributed by atoms with Crippen LogP contribution in [0.4, 0.5) is 11.6 Å². The molecule has 0 aliphatic heterocycles. The molecule has 0 bridgehead atoms. The van der Waals surface area contributed by atoms with E-state index in [1.807, 2.05) is 24.1 Å². The number of carbonyl (C=O) groups is 1. The second-order valence-electron chi connectivity index (χ2n) is 5.94. The van der Waals surface area contributed by atoms with Gasteiger partial charge in [0.2, 0.25) is 5.95 Å². The van der Waals surface area contributed by atoms with E-state index in [1.54, 1.807) is 17.3 Å². The van der Waals surface area contributed by atoms with Crippen LogP contribution in [0.5, 0.6) is 0 Å². The predicted octanol–water partition coefficient (Wildman–Crippen LogP) is 3.82. The van der Waals surface area contributed by atoms with Crippen LogP contribution in [-0.4, -0.2) is 40.9 Å². The Hall–Kier alpha value is -2.43. The highest BCUT2D eigenvalue weighted by Crippen LogP contribution is 2.22. The Kier molecular flexibility index (Phi) is 6.29. The maximum atomic E-state index is 12.3. The summed E-state index contributed by atoms with van der Waals surface area (Å²) in [6.07, 6.45) is 5.30. The lowest BCUT2D eigenvalue weighted by molar-refractivity contribution is 0.0792. The Labute approximate surface area is 144 Å². The monoisotopic (exact) mass is 326 g/mol. The first-order chi connectivity index (χ1) is 11.6. The Morgan fingerprint density at radius 2 is 1.88 bits per heavy atom. The summed E-state index contributed by atoms with van der Waals surface area (Å²) in [5, 5.41) is 0. The Morgan fingerprint density at radius 1 is 1.17 bits per heavy atom. The minimum absolute atomic E-state index is 0.0337. The largest absolute Gasteiger partial charge is 0.342 e. The third-order valence-corrected chi connectivity index (χ3v) is 3.95. The number of nitrogens with zero attached hydrogens (tertiary/aromatic N) is 4. The summed E-state index contributed by atoms with van der Waals surface area (Å²) in [5.74, 6) is 0.574. The molecule has 5 heteroatoms. The van der Waals surface area contributed by atoms with Crippen molar-refractivity contribution in [3.05, 3.63) is 47.8 Å². The van der Waals surface area contributed by atoms with Crippen LogP contribution >= 0.6 is 0 Å². The fraction of sp³-hybridized carbons (Fsp3) is 0.421. The first kappa shape index (κ1) is 17.9. The van der Waals surface area contributed by atoms with E-state index in [2.05, 4.69) is 42.9 Å². The third-order valence-electron chi connectivity index (χ3n) is 3.95. The van der Waals surface area contributed by atoms with Gasteiger partial charge in [-0.25, -0.2) is 9.97 Å². The van der Waals surface area contributed by atoms with Crippen LogP contribution in [0.15, 0.2) is 36.7 Å². The van der Waals surface area contributed by atoms with Crippen molar-refractivity contribution < 1.29 is 4.79 Å². The van der Waals surface area contributed by atoms with Gasteiger partial charge in [-0.05, 0) is 38.0 Å². The van der Waals surface area contributed by atoms with E-state index >= 15 is 0 Å². The zero-order chi connectivity index (χ0) is 17.5. The number of hydrogen-bond acceptors (Lipinski definition) is 4. The topological polar surface area (TPSA) is 49.3 Å². The first-order valence-corrected chi connectivity index (χ1v) is 8.48. The van der Waals surface area contributed by atoms with Crippen LogP contribution < -0.4 is 4.90 Å². The molecular weight excluding hydrogens is 300 g/mol. The van der Waals surface area contributed by atoms with Gasteiger partial charge in [0.15, 0.2) is 0 Å². The molecule has 0 fully saturated rings. The number of benzene rings is 1. The molecule has 0 saturated heterocycles. The molecular formula is C19H26N4O. The van der Waals surface area contributed by atoms with Crippen LogP contribution in [0.3, 0.4) is 0 Å². The summed E-state index contributed by atoms with van der Waals surface area (Å²) in [5.41, 5.74) is 2.77. The molecule has 0 saturated carbocycles. The first-order valence-electron chi connectivity index (χ1n) is 8.48. The van der Waals surface area contributed by atoms with Crippen LogP contribution in [-0.2, 0) is 0 Å². The van der Waals surface area contributed by atoms with E-state index in [0.29, 0.717) is 11.5 Å². The molecule has 1 aromatic carbocycles. The molecule has 0 aliphatic rings. The molecule has 1 amide bonds. The number of hydrogen-bond donors (Lipinski definition) is 0. The van der Waals surface area contributed by atoms with Crippen LogP contribution in [0.25, 0.3) is 0 Å². The van der Waals surface area contributed by atoms with Gasteiger partial charge >= 0.3 is 0 Å². The van der Waals surface area contributed by atoms with Gasteiger partial charge in [0.05, 0.1) is 5.56 Å². The van der Waals surface area contributed by atoms with Crippen molar-refractivity contribution in [3.8, 4) is 0 Å². The van der Waals surface area contributed by atoms with Gasteiger partial charge in [0.1, 0.15) is 0 Å². The Morgan fingerprint density at radius 3 is 2.46 bits per heavy atom. The number of rotatable bonds is 7. The van der Waals surface area contributed by atoms with E-state index in [4.69, 9.17) is 0 Å². The highest BCUT2D eigenvalue weighted by atomic mass is 16.2. The average Bonchev–Trinajstić information content (AvgIpc) is 2.60. The minimum Gasteiger partial charge on any atom is -0.342 e. The smallest absolute Gasteiger partial charge is 0.256 e. The molecule has 128 valence electrons. The van der Waals surface area contributed by atoms with Crippen molar-refractivity contribution in [2.24, 2.45) is 0 Å². The van der Waals surface area contributed by atoms with E-state index in [1.165, 1.54) is 5.56 Å². The second-order valence-corrected chi connectivity index (χ2v) is 5.94. The summed E-state index contributed by atoms with van der Waals surface area (Å²) in [6, 6.07) is 8.22. The molecule has 0 radical (unpaired) electrons. The zero-order valence-corrected chi connectivity index (χ0v) is 15.0. The van der Waals surface area contributed by atoms with E-state index in [0.717, 1.165) is 31.6 Å². The summed E-state index contributed by atoms with van der Waals surface area (Å²) in [7, 11) is 1.82. The molecule has 0 aliphatic carbocycles. The van der Waals surface area contributed by atoms with Gasteiger partial charge in [-0.3, -0.25) is 4.79 Å². The van der Waals surface area contributed by atoms with Crippen LogP contribution in [0, 0.1) is 6.92 Å². The normalized spacial score (nSPS) is 10.5. The standard InChI is InChI=1S/C19H26N4O/c1-5-7-11-22(4)18(24)16-13-20-19(21-14-16)23(6-2)17-10-8-9-15(3)12-17/h8-10,12-14H,5-7,11H2,1-4H3. The fourth-order valence-electron chi connectivity index (χ4n) is 2.52. The predicted molar refractivity (Wildman–Crippen MR) is 97.8 cm³/mol. The van der Waals surface area contributed by atoms with Gasteiger partial charge in [-0.15, -0.1) is 0 Å². The van der Waals surface area contributed by atoms with Crippen molar-refractivity contribution in [3.63, 3.8) is 0 Å². The highest BCUT2D eigenvalue weighted by molar-refractivity contribution is 5.93. The lowest BCUT2D eigenvalue weighted by atomic mass is 10.2. The summed E-state index contributed by atoms with van der Waals surface area (Å²) in [6.45, 7) is 7.74. The van der Waals surface area contributed by atoms with Gasteiger partial charge in [0.25, 0.3) is 5.91 Å². The van der Waals surface area contributed by atoms with Crippen molar-refractivity contribution in [1.29, 1.82) is 0 Å². The fourth-order valence-corrected chi connectivity index (χ4v) is 2.52. The number of amides is 1. The SMILES string of the molecule is CCCCN(C)C(=O)c1cnc(N(CC)c2cccc(C)c2)nc1. The molecule has 1 heterocycles. The molecule has 1 aromatic heterocycles. The molecule has 0 N–H and O–H groups in total. The third kappa shape index (κ3) is 4.31. The Bertz CT molecular complexity index is 669. The summed E-state index contributed by atoms with van der Waals surface area (Å²) < 4.78 is 0. The Balaban J connectivity index is 2.17. The van der Waals surface area contributed by atoms with Crippen LogP contribution in [0.1, 0.15) is 42.6 Å².